The van der Waals surface area contributed by atoms with Gasteiger partial charge in [-0.1, -0.05) is 0 Å². The molecule has 0 atom stereocenters. The molecule has 3 rings (SSSR count). The van der Waals surface area contributed by atoms with E-state index in [-0.39, 0.29) is 19.2 Å². The van der Waals surface area contributed by atoms with Crippen molar-refractivity contribution in [1.82, 2.24) is 15.1 Å². The monoisotopic (exact) mass is 419 g/mol. The van der Waals surface area contributed by atoms with Gasteiger partial charge in [0.25, 0.3) is 11.5 Å². The average molecular weight is 419 g/mol. The number of benzene rings is 1. The molecule has 29 heavy (non-hydrogen) atoms. The quantitative estimate of drug-likeness (QED) is 0.775. The maximum absolute atomic E-state index is 12.9. The fourth-order valence-corrected chi connectivity index (χ4v) is 3.06. The van der Waals surface area contributed by atoms with Crippen molar-refractivity contribution in [1.29, 1.82) is 0 Å². The minimum atomic E-state index is -5.04. The number of hydrogen-bond acceptors (Lipinski definition) is 3. The molecule has 1 N–H and O–H groups in total. The molecule has 1 amide bonds. The van der Waals surface area contributed by atoms with Crippen molar-refractivity contribution in [3.63, 3.8) is 0 Å². The molecule has 0 aliphatic heterocycles. The highest BCUT2D eigenvalue weighted by atomic mass is 19.4. The zero-order chi connectivity index (χ0) is 21.4. The first-order chi connectivity index (χ1) is 13.4. The number of amides is 1. The van der Waals surface area contributed by atoms with E-state index in [1.54, 1.807) is 0 Å². The van der Waals surface area contributed by atoms with Gasteiger partial charge in [0.05, 0.1) is 23.4 Å². The Kier molecular flexibility index (Phi) is 5.42. The lowest BCUT2D eigenvalue weighted by Crippen LogP contribution is -2.32. The Labute approximate surface area is 160 Å². The van der Waals surface area contributed by atoms with Gasteiger partial charge in [-0.3, -0.25) is 9.59 Å². The molecule has 1 aromatic heterocycles. The number of fused-ring (bicyclic) bond motifs is 1. The highest BCUT2D eigenvalue weighted by molar-refractivity contribution is 5.94. The maximum atomic E-state index is 12.9. The molecule has 0 saturated carbocycles. The second-order valence-electron chi connectivity index (χ2n) is 6.58. The predicted molar refractivity (Wildman–Crippen MR) is 89.3 cm³/mol. The maximum Gasteiger partial charge on any atom is 0.416 e. The van der Waals surface area contributed by atoms with Gasteiger partial charge < -0.3 is 5.32 Å². The highest BCUT2D eigenvalue weighted by Gasteiger charge is 2.37. The fraction of sp³-hybridized carbons (Fsp3) is 0.389. The van der Waals surface area contributed by atoms with Crippen LogP contribution in [0.3, 0.4) is 0 Å². The number of rotatable bonds is 4. The van der Waals surface area contributed by atoms with Crippen LogP contribution in [-0.4, -0.2) is 22.2 Å². The molecule has 0 saturated heterocycles. The van der Waals surface area contributed by atoms with Crippen molar-refractivity contribution >= 4 is 5.91 Å². The van der Waals surface area contributed by atoms with Crippen molar-refractivity contribution in [2.75, 3.05) is 6.54 Å². The number of alkyl halides is 6. The van der Waals surface area contributed by atoms with Gasteiger partial charge >= 0.3 is 12.4 Å². The van der Waals surface area contributed by atoms with Crippen LogP contribution in [0.5, 0.6) is 0 Å². The van der Waals surface area contributed by atoms with E-state index in [4.69, 9.17) is 0 Å². The Morgan fingerprint density at radius 3 is 2.21 bits per heavy atom. The predicted octanol–water partition coefficient (Wildman–Crippen LogP) is 3.20. The Bertz CT molecular complexity index is 962. The third kappa shape index (κ3) is 4.77. The van der Waals surface area contributed by atoms with Gasteiger partial charge in [-0.15, -0.1) is 0 Å². The Morgan fingerprint density at radius 1 is 1.00 bits per heavy atom. The van der Waals surface area contributed by atoms with Gasteiger partial charge in [-0.2, -0.15) is 31.4 Å². The number of nitrogens with zero attached hydrogens (tertiary/aromatic N) is 2. The largest absolute Gasteiger partial charge is 0.416 e. The van der Waals surface area contributed by atoms with Crippen molar-refractivity contribution < 1.29 is 31.1 Å². The van der Waals surface area contributed by atoms with Gasteiger partial charge in [-0.25, -0.2) is 4.68 Å². The van der Waals surface area contributed by atoms with Gasteiger partial charge in [0.15, 0.2) is 0 Å². The summed E-state index contributed by atoms with van der Waals surface area (Å²) in [5.41, 5.74) is -2.69. The third-order valence-electron chi connectivity index (χ3n) is 4.48. The molecule has 1 aliphatic carbocycles. The van der Waals surface area contributed by atoms with Crippen LogP contribution in [0.1, 0.15) is 39.2 Å². The Morgan fingerprint density at radius 2 is 1.62 bits per heavy atom. The summed E-state index contributed by atoms with van der Waals surface area (Å²) in [7, 11) is 0. The molecule has 0 radical (unpaired) electrons. The van der Waals surface area contributed by atoms with Crippen molar-refractivity contribution in [2.45, 2.75) is 38.2 Å². The number of carbonyl (C=O) groups is 1. The zero-order valence-corrected chi connectivity index (χ0v) is 14.8. The van der Waals surface area contributed by atoms with E-state index in [9.17, 15) is 35.9 Å². The Hall–Kier alpha value is -2.85. The highest BCUT2D eigenvalue weighted by Crippen LogP contribution is 2.36. The lowest BCUT2D eigenvalue weighted by Gasteiger charge is -2.14. The molecule has 0 spiro atoms. The van der Waals surface area contributed by atoms with E-state index in [2.05, 4.69) is 10.4 Å². The first-order valence-corrected chi connectivity index (χ1v) is 8.63. The minimum Gasteiger partial charge on any atom is -0.350 e. The molecule has 0 unspecified atom stereocenters. The van der Waals surface area contributed by atoms with Crippen LogP contribution in [0.25, 0.3) is 0 Å². The van der Waals surface area contributed by atoms with E-state index in [1.807, 2.05) is 0 Å². The molecule has 2 aromatic rings. The van der Waals surface area contributed by atoms with Crippen LogP contribution < -0.4 is 10.9 Å². The van der Waals surface area contributed by atoms with Crippen LogP contribution in [0.15, 0.2) is 29.1 Å². The van der Waals surface area contributed by atoms with E-state index in [1.165, 1.54) is 6.07 Å². The standard InChI is InChI=1S/C18H15F6N3O2/c19-17(20,21)12-6-11(7-13(9-12)18(22,23)24)16(29)25-4-5-27-15(28)8-10-2-1-3-14(10)26-27/h6-9H,1-5H2,(H,25,29). The molecule has 11 heteroatoms. The molecule has 1 aliphatic rings. The lowest BCUT2D eigenvalue weighted by atomic mass is 10.0. The van der Waals surface area contributed by atoms with E-state index < -0.39 is 40.5 Å². The van der Waals surface area contributed by atoms with Crippen molar-refractivity contribution in [3.05, 3.63) is 62.6 Å². The first kappa shape index (κ1) is 20.9. The van der Waals surface area contributed by atoms with Gasteiger partial charge in [0.1, 0.15) is 0 Å². The van der Waals surface area contributed by atoms with Gasteiger partial charge in [0, 0.05) is 18.2 Å². The minimum absolute atomic E-state index is 0.0508. The topological polar surface area (TPSA) is 64.0 Å². The number of aromatic nitrogens is 2. The van der Waals surface area contributed by atoms with Crippen LogP contribution in [0.4, 0.5) is 26.3 Å². The summed E-state index contributed by atoms with van der Waals surface area (Å²) < 4.78 is 78.4. The number of halogens is 6. The first-order valence-electron chi connectivity index (χ1n) is 8.63. The summed E-state index contributed by atoms with van der Waals surface area (Å²) in [4.78, 5) is 24.1. The van der Waals surface area contributed by atoms with E-state index in [0.29, 0.717) is 18.6 Å². The molecular weight excluding hydrogens is 404 g/mol. The second kappa shape index (κ2) is 7.53. The molecular formula is C18H15F6N3O2. The summed E-state index contributed by atoms with van der Waals surface area (Å²) in [5, 5.41) is 6.40. The summed E-state index contributed by atoms with van der Waals surface area (Å²) in [6.45, 7) is -0.259. The van der Waals surface area contributed by atoms with Crippen LogP contribution in [0, 0.1) is 0 Å². The number of carbonyl (C=O) groups excluding carboxylic acids is 1. The van der Waals surface area contributed by atoms with Gasteiger partial charge in [-0.05, 0) is 43.0 Å². The summed E-state index contributed by atoms with van der Waals surface area (Å²) in [6.07, 6.45) is -7.74. The normalized spacial score (nSPS) is 14.0. The Balaban J connectivity index is 1.75. The third-order valence-corrected chi connectivity index (χ3v) is 4.48. The molecule has 156 valence electrons. The second-order valence-corrected chi connectivity index (χ2v) is 6.58. The average Bonchev–Trinajstić information content (AvgIpc) is 3.07. The summed E-state index contributed by atoms with van der Waals surface area (Å²) in [5.74, 6) is -1.11. The molecule has 0 fully saturated rings. The molecule has 0 bridgehead atoms. The zero-order valence-electron chi connectivity index (χ0n) is 14.8. The van der Waals surface area contributed by atoms with Crippen LogP contribution >= 0.6 is 0 Å². The number of nitrogens with one attached hydrogen (secondary N) is 1. The number of hydrogen-bond donors (Lipinski definition) is 1. The van der Waals surface area contributed by atoms with Gasteiger partial charge in [0.2, 0.25) is 0 Å². The fourth-order valence-electron chi connectivity index (χ4n) is 3.06. The van der Waals surface area contributed by atoms with Crippen LogP contribution in [-0.2, 0) is 31.7 Å². The smallest absolute Gasteiger partial charge is 0.350 e. The van der Waals surface area contributed by atoms with Crippen molar-refractivity contribution in [2.24, 2.45) is 0 Å². The SMILES string of the molecule is O=C(NCCn1nc2c(cc1=O)CCC2)c1cc(C(F)(F)F)cc(C(F)(F)F)c1. The number of aryl methyl sites for hydroxylation is 2. The molecule has 1 heterocycles. The molecule has 5 nitrogen and oxygen atoms in total. The van der Waals surface area contributed by atoms with Crippen molar-refractivity contribution in [3.8, 4) is 0 Å². The lowest BCUT2D eigenvalue weighted by molar-refractivity contribution is -0.143. The summed E-state index contributed by atoms with van der Waals surface area (Å²) in [6, 6.07) is 2.10. The summed E-state index contributed by atoms with van der Waals surface area (Å²) >= 11 is 0. The van der Waals surface area contributed by atoms with E-state index >= 15 is 0 Å². The van der Waals surface area contributed by atoms with E-state index in [0.717, 1.165) is 28.8 Å². The van der Waals surface area contributed by atoms with Crippen LogP contribution in [0.2, 0.25) is 0 Å². The molecule has 1 aromatic carbocycles.